The summed E-state index contributed by atoms with van der Waals surface area (Å²) in [7, 11) is 3.11. The number of ether oxygens (including phenoxy) is 1. The molecule has 0 saturated carbocycles. The summed E-state index contributed by atoms with van der Waals surface area (Å²) in [4.78, 5) is 55.3. The molecule has 3 amide bonds. The van der Waals surface area contributed by atoms with Gasteiger partial charge in [0, 0.05) is 32.3 Å². The van der Waals surface area contributed by atoms with Crippen molar-refractivity contribution in [3.63, 3.8) is 0 Å². The highest BCUT2D eigenvalue weighted by Gasteiger charge is 2.45. The zero-order chi connectivity index (χ0) is 30.9. The Kier molecular flexibility index (Phi) is 11.9. The molecule has 0 aliphatic carbocycles. The van der Waals surface area contributed by atoms with Crippen molar-refractivity contribution < 1.29 is 29.0 Å². The topological polar surface area (TPSA) is 142 Å². The summed E-state index contributed by atoms with van der Waals surface area (Å²) >= 11 is 6.13. The smallest absolute Gasteiger partial charge is 0.304 e. The lowest BCUT2D eigenvalue weighted by Gasteiger charge is -2.49. The van der Waals surface area contributed by atoms with Crippen LogP contribution in [0, 0.1) is 5.92 Å². The zero-order valence-electron chi connectivity index (χ0n) is 24.4. The van der Waals surface area contributed by atoms with Crippen molar-refractivity contribution in [1.82, 2.24) is 15.1 Å². The summed E-state index contributed by atoms with van der Waals surface area (Å²) < 4.78 is 5.25. The van der Waals surface area contributed by atoms with Crippen LogP contribution in [0.2, 0.25) is 5.02 Å². The van der Waals surface area contributed by atoms with Crippen molar-refractivity contribution in [3.05, 3.63) is 70.7 Å². The van der Waals surface area contributed by atoms with E-state index in [-0.39, 0.29) is 31.4 Å². The number of carboxylic acid groups (broad SMARTS) is 1. The first-order valence-corrected chi connectivity index (χ1v) is 14.4. The van der Waals surface area contributed by atoms with Crippen LogP contribution in [0.1, 0.15) is 37.3 Å². The van der Waals surface area contributed by atoms with E-state index >= 15 is 0 Å². The van der Waals surface area contributed by atoms with Crippen molar-refractivity contribution >= 4 is 35.3 Å². The molecule has 4 unspecified atom stereocenters. The number of carbonyl (C=O) groups is 4. The third kappa shape index (κ3) is 8.77. The fraction of sp³-hybridized carbons (Fsp3) is 0.484. The highest BCUT2D eigenvalue weighted by Crippen LogP contribution is 2.33. The molecule has 0 bridgehead atoms. The molecule has 0 spiro atoms. The molecule has 1 heterocycles. The van der Waals surface area contributed by atoms with E-state index in [1.54, 1.807) is 29.0 Å². The van der Waals surface area contributed by atoms with E-state index in [4.69, 9.17) is 22.1 Å². The van der Waals surface area contributed by atoms with Gasteiger partial charge in [0.05, 0.1) is 30.5 Å². The van der Waals surface area contributed by atoms with Crippen LogP contribution in [0.4, 0.5) is 0 Å². The summed E-state index contributed by atoms with van der Waals surface area (Å²) in [5.41, 5.74) is 6.69. The van der Waals surface area contributed by atoms with Gasteiger partial charge in [0.25, 0.3) is 0 Å². The number of aliphatic carboxylic acids is 1. The molecule has 42 heavy (non-hydrogen) atoms. The average molecular weight is 601 g/mol. The van der Waals surface area contributed by atoms with Gasteiger partial charge in [-0.1, -0.05) is 54.1 Å². The van der Waals surface area contributed by atoms with Crippen LogP contribution < -0.4 is 11.1 Å². The van der Waals surface area contributed by atoms with Gasteiger partial charge in [0.2, 0.25) is 17.7 Å². The lowest BCUT2D eigenvalue weighted by Crippen LogP contribution is -2.65. The summed E-state index contributed by atoms with van der Waals surface area (Å²) in [6.45, 7) is 2.11. The molecule has 0 radical (unpaired) electrons. The Morgan fingerprint density at radius 2 is 1.79 bits per heavy atom. The minimum atomic E-state index is -1.05. The maximum Gasteiger partial charge on any atom is 0.304 e. The molecule has 228 valence electrons. The SMILES string of the molecule is COCC(NC(=O)C(C)N)C(=O)N(C)C1(Cc2ccc(Cl)cc2)CCCN(C(=O)C(CC(=O)O)Cc2ccccc2)C1. The number of carboxylic acids is 1. The Balaban J connectivity index is 1.95. The molecule has 1 aliphatic heterocycles. The van der Waals surface area contributed by atoms with E-state index in [9.17, 15) is 24.3 Å². The minimum absolute atomic E-state index is 0.0565. The van der Waals surface area contributed by atoms with Gasteiger partial charge in [0.1, 0.15) is 6.04 Å². The second-order valence-electron chi connectivity index (χ2n) is 11.1. The Hall–Kier alpha value is -3.47. The summed E-state index contributed by atoms with van der Waals surface area (Å²) in [6, 6.07) is 14.9. The van der Waals surface area contributed by atoms with E-state index < -0.39 is 35.4 Å². The number of hydrogen-bond donors (Lipinski definition) is 3. The van der Waals surface area contributed by atoms with E-state index in [0.717, 1.165) is 11.1 Å². The van der Waals surface area contributed by atoms with E-state index in [1.807, 2.05) is 42.5 Å². The van der Waals surface area contributed by atoms with Gasteiger partial charge in [-0.25, -0.2) is 0 Å². The lowest BCUT2D eigenvalue weighted by atomic mass is 9.80. The number of methoxy groups -OCH3 is 1. The van der Waals surface area contributed by atoms with Crippen molar-refractivity contribution in [2.45, 2.75) is 56.7 Å². The minimum Gasteiger partial charge on any atom is -0.481 e. The fourth-order valence-electron chi connectivity index (χ4n) is 5.55. The lowest BCUT2D eigenvalue weighted by molar-refractivity contribution is -0.151. The molecule has 3 rings (SSSR count). The first-order chi connectivity index (χ1) is 20.0. The molecule has 1 fully saturated rings. The predicted molar refractivity (Wildman–Crippen MR) is 160 cm³/mol. The number of nitrogens with two attached hydrogens (primary N) is 1. The van der Waals surface area contributed by atoms with Gasteiger partial charge in [-0.3, -0.25) is 19.2 Å². The number of likely N-dealkylation sites (tertiary alicyclic amines) is 1. The molecular formula is C31H41ClN4O6. The summed E-state index contributed by atoms with van der Waals surface area (Å²) in [5, 5.41) is 12.9. The molecule has 4 atom stereocenters. The molecule has 0 aromatic heterocycles. The number of hydrogen-bond acceptors (Lipinski definition) is 6. The largest absolute Gasteiger partial charge is 0.481 e. The Morgan fingerprint density at radius 3 is 2.38 bits per heavy atom. The molecule has 11 heteroatoms. The standard InChI is InChI=1S/C31H41ClN4O6/c1-21(33)28(39)34-26(19-42-3)30(41)35(2)31(18-23-10-12-25(32)13-11-23)14-7-15-36(20-31)29(40)24(17-27(37)38)16-22-8-5-4-6-9-22/h4-6,8-13,21,24,26H,7,14-20,33H2,1-3H3,(H,34,39)(H,37,38). The van der Waals surface area contributed by atoms with Crippen LogP contribution in [0.3, 0.4) is 0 Å². The van der Waals surface area contributed by atoms with Gasteiger partial charge in [-0.05, 0) is 55.9 Å². The predicted octanol–water partition coefficient (Wildman–Crippen LogP) is 2.51. The number of benzene rings is 2. The van der Waals surface area contributed by atoms with Gasteiger partial charge >= 0.3 is 5.97 Å². The van der Waals surface area contributed by atoms with Crippen LogP contribution >= 0.6 is 11.6 Å². The zero-order valence-corrected chi connectivity index (χ0v) is 25.2. The summed E-state index contributed by atoms with van der Waals surface area (Å²) in [6.07, 6.45) is 1.59. The molecule has 1 aliphatic rings. The second kappa shape index (κ2) is 15.1. The van der Waals surface area contributed by atoms with E-state index in [1.165, 1.54) is 14.0 Å². The molecule has 2 aromatic rings. The number of piperidine rings is 1. The van der Waals surface area contributed by atoms with Crippen molar-refractivity contribution in [2.75, 3.05) is 33.9 Å². The second-order valence-corrected chi connectivity index (χ2v) is 11.5. The number of halogens is 1. The maximum absolute atomic E-state index is 13.9. The third-order valence-electron chi connectivity index (χ3n) is 7.81. The van der Waals surface area contributed by atoms with Crippen molar-refractivity contribution in [2.24, 2.45) is 11.7 Å². The first kappa shape index (κ1) is 33.0. The normalized spacial score (nSPS) is 18.9. The third-order valence-corrected chi connectivity index (χ3v) is 8.06. The van der Waals surface area contributed by atoms with Gasteiger partial charge in [0.15, 0.2) is 0 Å². The van der Waals surface area contributed by atoms with Gasteiger partial charge in [-0.15, -0.1) is 0 Å². The Morgan fingerprint density at radius 1 is 1.12 bits per heavy atom. The monoisotopic (exact) mass is 600 g/mol. The Labute approximate surface area is 252 Å². The summed E-state index contributed by atoms with van der Waals surface area (Å²) in [5.74, 6) is -2.93. The van der Waals surface area contributed by atoms with E-state index in [2.05, 4.69) is 5.32 Å². The van der Waals surface area contributed by atoms with Gasteiger partial charge < -0.3 is 30.7 Å². The fourth-order valence-corrected chi connectivity index (χ4v) is 5.67. The quantitative estimate of drug-likeness (QED) is 0.321. The van der Waals surface area contributed by atoms with Crippen LogP contribution in [0.25, 0.3) is 0 Å². The highest BCUT2D eigenvalue weighted by atomic mass is 35.5. The first-order valence-electron chi connectivity index (χ1n) is 14.1. The molecule has 10 nitrogen and oxygen atoms in total. The van der Waals surface area contributed by atoms with E-state index in [0.29, 0.717) is 37.3 Å². The van der Waals surface area contributed by atoms with Crippen molar-refractivity contribution in [1.29, 1.82) is 0 Å². The number of amides is 3. The number of likely N-dealkylation sites (N-methyl/N-ethyl adjacent to an activating group) is 1. The number of nitrogens with zero attached hydrogens (tertiary/aromatic N) is 2. The van der Waals surface area contributed by atoms with Crippen LogP contribution in [-0.2, 0) is 36.8 Å². The number of nitrogens with one attached hydrogen (secondary N) is 1. The van der Waals surface area contributed by atoms with Crippen LogP contribution in [0.5, 0.6) is 0 Å². The molecular weight excluding hydrogens is 560 g/mol. The number of carbonyl (C=O) groups excluding carboxylic acids is 3. The average Bonchev–Trinajstić information content (AvgIpc) is 2.97. The van der Waals surface area contributed by atoms with Crippen molar-refractivity contribution in [3.8, 4) is 0 Å². The Bertz CT molecular complexity index is 1230. The highest BCUT2D eigenvalue weighted by molar-refractivity contribution is 6.30. The van der Waals surface area contributed by atoms with Gasteiger partial charge in [-0.2, -0.15) is 0 Å². The molecule has 2 aromatic carbocycles. The molecule has 1 saturated heterocycles. The number of rotatable bonds is 13. The van der Waals surface area contributed by atoms with Crippen LogP contribution in [-0.4, -0.2) is 90.1 Å². The maximum atomic E-state index is 13.9. The van der Waals surface area contributed by atoms with Crippen LogP contribution in [0.15, 0.2) is 54.6 Å². The molecule has 4 N–H and O–H groups in total.